The first-order valence-electron chi connectivity index (χ1n) is 12.5. The van der Waals surface area contributed by atoms with Crippen LogP contribution in [0.15, 0.2) is 113 Å². The van der Waals surface area contributed by atoms with Gasteiger partial charge in [-0.3, -0.25) is 9.79 Å². The van der Waals surface area contributed by atoms with Gasteiger partial charge < -0.3 is 16.5 Å². The number of carbonyl (C=O) groups is 1. The fourth-order valence-corrected chi connectivity index (χ4v) is 3.90. The highest BCUT2D eigenvalue weighted by Crippen LogP contribution is 2.28. The quantitative estimate of drug-likeness (QED) is 0.194. The summed E-state index contributed by atoms with van der Waals surface area (Å²) < 4.78 is 0. The number of hydrazone groups is 1. The zero-order valence-corrected chi connectivity index (χ0v) is 21.4. The van der Waals surface area contributed by atoms with Gasteiger partial charge in [-0.05, 0) is 36.1 Å². The number of nitrogens with one attached hydrogen (secondary N) is 2. The Morgan fingerprint density at radius 3 is 2.76 bits per heavy atom. The SMILES string of the molecule is C=CC/C=N\NCCNC(=O)C1=N/C=C\C(=C)N=C(C2=CCC(CN)C=C2)/C(c2ccccc2)=C\C1C. The molecule has 0 bridgehead atoms. The molecule has 3 rings (SSSR count). The Kier molecular flexibility index (Phi) is 10.7. The van der Waals surface area contributed by atoms with E-state index >= 15 is 0 Å². The Labute approximate surface area is 219 Å². The van der Waals surface area contributed by atoms with Crippen molar-refractivity contribution in [2.24, 2.45) is 32.7 Å². The zero-order chi connectivity index (χ0) is 26.5. The average Bonchev–Trinajstić information content (AvgIpc) is 2.92. The van der Waals surface area contributed by atoms with Crippen molar-refractivity contribution in [3.63, 3.8) is 0 Å². The number of carbonyl (C=O) groups excluding carboxylic acids is 1. The molecule has 7 heteroatoms. The van der Waals surface area contributed by atoms with E-state index in [0.717, 1.165) is 28.8 Å². The fraction of sp³-hybridized carbons (Fsp3) is 0.267. The maximum absolute atomic E-state index is 13.1. The molecule has 192 valence electrons. The van der Waals surface area contributed by atoms with Crippen LogP contribution in [0.4, 0.5) is 0 Å². The van der Waals surface area contributed by atoms with Crippen LogP contribution in [-0.2, 0) is 4.79 Å². The summed E-state index contributed by atoms with van der Waals surface area (Å²) in [5.74, 6) is -0.190. The summed E-state index contributed by atoms with van der Waals surface area (Å²) in [5.41, 5.74) is 13.5. The Balaban J connectivity index is 1.91. The van der Waals surface area contributed by atoms with Crippen molar-refractivity contribution in [1.82, 2.24) is 10.7 Å². The fourth-order valence-electron chi connectivity index (χ4n) is 3.90. The van der Waals surface area contributed by atoms with Crippen LogP contribution < -0.4 is 16.5 Å². The number of aliphatic imine (C=N–C) groups is 2. The lowest BCUT2D eigenvalue weighted by Gasteiger charge is -2.20. The van der Waals surface area contributed by atoms with E-state index in [-0.39, 0.29) is 11.8 Å². The summed E-state index contributed by atoms with van der Waals surface area (Å²) >= 11 is 0. The summed E-state index contributed by atoms with van der Waals surface area (Å²) in [6.45, 7) is 11.2. The van der Waals surface area contributed by atoms with E-state index < -0.39 is 0 Å². The highest BCUT2D eigenvalue weighted by atomic mass is 16.1. The third-order valence-electron chi connectivity index (χ3n) is 5.90. The van der Waals surface area contributed by atoms with Gasteiger partial charge in [-0.15, -0.1) is 6.58 Å². The highest BCUT2D eigenvalue weighted by molar-refractivity contribution is 6.41. The van der Waals surface area contributed by atoms with E-state index in [1.54, 1.807) is 24.6 Å². The number of nitrogens with two attached hydrogens (primary N) is 1. The van der Waals surface area contributed by atoms with Crippen molar-refractivity contribution in [2.75, 3.05) is 19.6 Å². The monoisotopic (exact) mass is 496 g/mol. The third kappa shape index (κ3) is 8.22. The Morgan fingerprint density at radius 2 is 2.05 bits per heavy atom. The summed E-state index contributed by atoms with van der Waals surface area (Å²) in [6.07, 6.45) is 16.8. The Bertz CT molecular complexity index is 1180. The maximum Gasteiger partial charge on any atom is 0.266 e. The average molecular weight is 497 g/mol. The maximum atomic E-state index is 13.1. The molecule has 1 aromatic carbocycles. The second-order valence-electron chi connectivity index (χ2n) is 8.77. The van der Waals surface area contributed by atoms with Gasteiger partial charge in [-0.1, -0.05) is 74.2 Å². The molecule has 0 fully saturated rings. The highest BCUT2D eigenvalue weighted by Gasteiger charge is 2.22. The van der Waals surface area contributed by atoms with Crippen molar-refractivity contribution in [3.8, 4) is 0 Å². The van der Waals surface area contributed by atoms with Crippen LogP contribution in [0.25, 0.3) is 5.57 Å². The number of allylic oxidation sites excluding steroid dienone is 7. The third-order valence-corrected chi connectivity index (χ3v) is 5.90. The van der Waals surface area contributed by atoms with Crippen LogP contribution in [0.3, 0.4) is 0 Å². The second-order valence-corrected chi connectivity index (χ2v) is 8.77. The van der Waals surface area contributed by atoms with Crippen molar-refractivity contribution in [3.05, 3.63) is 103 Å². The van der Waals surface area contributed by atoms with Crippen molar-refractivity contribution >= 4 is 29.1 Å². The minimum atomic E-state index is -0.278. The van der Waals surface area contributed by atoms with Crippen LogP contribution in [-0.4, -0.2) is 43.2 Å². The van der Waals surface area contributed by atoms with Crippen molar-refractivity contribution in [1.29, 1.82) is 0 Å². The van der Waals surface area contributed by atoms with E-state index in [4.69, 9.17) is 10.7 Å². The molecule has 7 nitrogen and oxygen atoms in total. The van der Waals surface area contributed by atoms with Crippen molar-refractivity contribution < 1.29 is 4.79 Å². The molecule has 1 amide bonds. The van der Waals surface area contributed by atoms with Crippen LogP contribution >= 0.6 is 0 Å². The number of amides is 1. The van der Waals surface area contributed by atoms with E-state index in [0.29, 0.717) is 43.4 Å². The lowest BCUT2D eigenvalue weighted by molar-refractivity contribution is -0.115. The lowest BCUT2D eigenvalue weighted by Crippen LogP contribution is -2.37. The van der Waals surface area contributed by atoms with Gasteiger partial charge in [-0.2, -0.15) is 5.10 Å². The second kappa shape index (κ2) is 14.5. The minimum absolute atomic E-state index is 0.232. The molecule has 2 aliphatic rings. The molecule has 1 heterocycles. The minimum Gasteiger partial charge on any atom is -0.349 e. The molecule has 0 radical (unpaired) electrons. The summed E-state index contributed by atoms with van der Waals surface area (Å²) in [4.78, 5) is 22.5. The zero-order valence-electron chi connectivity index (χ0n) is 21.4. The van der Waals surface area contributed by atoms with Gasteiger partial charge >= 0.3 is 0 Å². The predicted octanol–water partition coefficient (Wildman–Crippen LogP) is 4.36. The van der Waals surface area contributed by atoms with E-state index in [1.165, 1.54) is 0 Å². The molecule has 0 saturated carbocycles. The summed E-state index contributed by atoms with van der Waals surface area (Å²) in [5, 5.41) is 6.99. The van der Waals surface area contributed by atoms with Gasteiger partial charge in [0.15, 0.2) is 0 Å². The standard InChI is InChI=1S/C30H36N6O/c1-4-5-16-34-35-19-18-33-30(37)28-22(2)20-27(25-9-7-6-8-10-25)29(36-23(3)15-17-32-28)26-13-11-24(21-31)12-14-26/h4,6-11,13-17,20,22,24,35H,1,3,5,12,18-19,21,31H2,2H3,(H,33,37)/b17-15-,27-20-,32-28?,34-16-,36-29?. The van der Waals surface area contributed by atoms with Crippen LogP contribution in [0, 0.1) is 11.8 Å². The van der Waals surface area contributed by atoms with Gasteiger partial charge in [0, 0.05) is 36.9 Å². The molecule has 37 heavy (non-hydrogen) atoms. The predicted molar refractivity (Wildman–Crippen MR) is 155 cm³/mol. The molecule has 0 saturated heterocycles. The molecule has 1 aromatic rings. The molecular weight excluding hydrogens is 460 g/mol. The number of hydrogen-bond acceptors (Lipinski definition) is 6. The molecule has 2 atom stereocenters. The normalized spacial score (nSPS) is 22.3. The first-order valence-corrected chi connectivity index (χ1v) is 12.5. The molecule has 1 aliphatic heterocycles. The van der Waals surface area contributed by atoms with E-state index in [2.05, 4.69) is 58.3 Å². The van der Waals surface area contributed by atoms with E-state index in [9.17, 15) is 4.79 Å². The lowest BCUT2D eigenvalue weighted by atomic mass is 9.87. The summed E-state index contributed by atoms with van der Waals surface area (Å²) in [7, 11) is 0. The molecule has 2 unspecified atom stereocenters. The molecular formula is C30H36N6O. The first-order chi connectivity index (χ1) is 18.0. The largest absolute Gasteiger partial charge is 0.349 e. The van der Waals surface area contributed by atoms with Crippen LogP contribution in [0.5, 0.6) is 0 Å². The topological polar surface area (TPSA) is 104 Å². The Hall–Kier alpha value is -4.10. The molecule has 0 aromatic heterocycles. The van der Waals surface area contributed by atoms with Gasteiger partial charge in [0.25, 0.3) is 5.91 Å². The molecule has 0 spiro atoms. The van der Waals surface area contributed by atoms with Crippen molar-refractivity contribution in [2.45, 2.75) is 19.8 Å². The molecule has 4 N–H and O–H groups in total. The number of hydrogen-bond donors (Lipinski definition) is 3. The number of nitrogens with zero attached hydrogens (tertiary/aromatic N) is 3. The van der Waals surface area contributed by atoms with Crippen LogP contribution in [0.1, 0.15) is 25.3 Å². The number of benzene rings is 1. The van der Waals surface area contributed by atoms with Crippen LogP contribution in [0.2, 0.25) is 0 Å². The Morgan fingerprint density at radius 1 is 1.24 bits per heavy atom. The summed E-state index contributed by atoms with van der Waals surface area (Å²) in [6, 6.07) is 10.1. The smallest absolute Gasteiger partial charge is 0.266 e. The van der Waals surface area contributed by atoms with Gasteiger partial charge in [0.05, 0.1) is 18.0 Å². The van der Waals surface area contributed by atoms with Gasteiger partial charge in [-0.25, -0.2) is 4.99 Å². The molecule has 1 aliphatic carbocycles. The van der Waals surface area contributed by atoms with E-state index in [1.807, 2.05) is 37.3 Å². The number of rotatable bonds is 10. The first kappa shape index (κ1) is 27.5. The van der Waals surface area contributed by atoms with Gasteiger partial charge in [0.2, 0.25) is 0 Å². The van der Waals surface area contributed by atoms with Gasteiger partial charge in [0.1, 0.15) is 5.71 Å².